The van der Waals surface area contributed by atoms with Gasteiger partial charge in [0.2, 0.25) is 10.0 Å². The van der Waals surface area contributed by atoms with Crippen molar-refractivity contribution in [2.75, 3.05) is 12.3 Å². The minimum absolute atomic E-state index is 0.114. The van der Waals surface area contributed by atoms with Crippen molar-refractivity contribution in [3.63, 3.8) is 0 Å². The van der Waals surface area contributed by atoms with E-state index in [2.05, 4.69) is 4.72 Å². The number of anilines is 1. The van der Waals surface area contributed by atoms with Crippen molar-refractivity contribution in [2.24, 2.45) is 5.92 Å². The number of nitrogens with one attached hydrogen (secondary N) is 1. The number of sulfonamides is 1. The van der Waals surface area contributed by atoms with Gasteiger partial charge in [-0.3, -0.25) is 10.1 Å². The van der Waals surface area contributed by atoms with E-state index in [1.54, 1.807) is 0 Å². The van der Waals surface area contributed by atoms with E-state index in [1.165, 1.54) is 12.5 Å². The van der Waals surface area contributed by atoms with Crippen LogP contribution in [-0.2, 0) is 10.0 Å². The van der Waals surface area contributed by atoms with Crippen LogP contribution in [0.2, 0.25) is 0 Å². The molecule has 0 radical (unpaired) electrons. The average molecular weight is 299 g/mol. The molecule has 0 saturated heterocycles. The van der Waals surface area contributed by atoms with Crippen molar-refractivity contribution in [3.05, 3.63) is 28.3 Å². The Morgan fingerprint density at radius 1 is 1.40 bits per heavy atom. The maximum Gasteiger partial charge on any atom is 0.271 e. The molecule has 0 atom stereocenters. The summed E-state index contributed by atoms with van der Waals surface area (Å²) in [5, 5.41) is 10.6. The molecule has 0 spiro atoms. The van der Waals surface area contributed by atoms with E-state index in [0.717, 1.165) is 31.4 Å². The molecule has 1 aromatic rings. The van der Waals surface area contributed by atoms with Gasteiger partial charge in [-0.2, -0.15) is 0 Å². The fourth-order valence-electron chi connectivity index (χ4n) is 2.15. The van der Waals surface area contributed by atoms with Crippen LogP contribution in [0.3, 0.4) is 0 Å². The molecule has 1 aliphatic rings. The van der Waals surface area contributed by atoms with Crippen LogP contribution in [0, 0.1) is 16.0 Å². The lowest BCUT2D eigenvalue weighted by Crippen LogP contribution is -2.28. The van der Waals surface area contributed by atoms with Gasteiger partial charge in [0.1, 0.15) is 4.90 Å². The van der Waals surface area contributed by atoms with Gasteiger partial charge < -0.3 is 5.73 Å². The second kappa shape index (κ2) is 5.76. The Morgan fingerprint density at radius 2 is 2.10 bits per heavy atom. The molecular formula is C12H17N3O4S. The predicted octanol–water partition coefficient (Wildman–Crippen LogP) is 1.65. The highest BCUT2D eigenvalue weighted by molar-refractivity contribution is 7.89. The normalized spacial score (nSPS) is 15.8. The first-order valence-corrected chi connectivity index (χ1v) is 7.92. The molecule has 0 bridgehead atoms. The lowest BCUT2D eigenvalue weighted by Gasteiger charge is -2.25. The summed E-state index contributed by atoms with van der Waals surface area (Å²) < 4.78 is 26.6. The van der Waals surface area contributed by atoms with Crippen LogP contribution < -0.4 is 10.5 Å². The topological polar surface area (TPSA) is 115 Å². The third-order valence-corrected chi connectivity index (χ3v) is 5.10. The Balaban J connectivity index is 2.06. The van der Waals surface area contributed by atoms with E-state index in [-0.39, 0.29) is 16.3 Å². The zero-order chi connectivity index (χ0) is 14.8. The highest BCUT2D eigenvalue weighted by atomic mass is 32.2. The lowest BCUT2D eigenvalue weighted by molar-refractivity contribution is -0.384. The van der Waals surface area contributed by atoms with Crippen LogP contribution in [-0.4, -0.2) is 19.9 Å². The molecule has 8 heteroatoms. The Hall–Kier alpha value is -1.67. The Morgan fingerprint density at radius 3 is 2.60 bits per heavy atom. The van der Waals surface area contributed by atoms with Gasteiger partial charge in [0.05, 0.1) is 10.6 Å². The van der Waals surface area contributed by atoms with Crippen LogP contribution in [0.1, 0.15) is 25.7 Å². The van der Waals surface area contributed by atoms with E-state index in [4.69, 9.17) is 5.73 Å². The van der Waals surface area contributed by atoms with Gasteiger partial charge in [0.25, 0.3) is 5.69 Å². The molecule has 3 N–H and O–H groups in total. The summed E-state index contributed by atoms with van der Waals surface area (Å²) >= 11 is 0. The minimum atomic E-state index is -3.71. The molecule has 2 rings (SSSR count). The van der Waals surface area contributed by atoms with Crippen LogP contribution in [0.25, 0.3) is 0 Å². The summed E-state index contributed by atoms with van der Waals surface area (Å²) in [4.78, 5) is 9.86. The lowest BCUT2D eigenvalue weighted by atomic mass is 9.83. The van der Waals surface area contributed by atoms with Crippen LogP contribution in [0.15, 0.2) is 23.1 Å². The molecule has 1 aliphatic carbocycles. The molecular weight excluding hydrogens is 282 g/mol. The zero-order valence-electron chi connectivity index (χ0n) is 10.9. The molecule has 0 amide bonds. The monoisotopic (exact) mass is 299 g/mol. The van der Waals surface area contributed by atoms with Crippen molar-refractivity contribution in [1.29, 1.82) is 0 Å². The molecule has 0 aliphatic heterocycles. The van der Waals surface area contributed by atoms with Crippen molar-refractivity contribution < 1.29 is 13.3 Å². The quantitative estimate of drug-likeness (QED) is 0.470. The summed E-state index contributed by atoms with van der Waals surface area (Å²) in [6, 6.07) is 3.36. The maximum atomic E-state index is 12.1. The fraction of sp³-hybridized carbons (Fsp3) is 0.500. The van der Waals surface area contributed by atoms with Gasteiger partial charge in [0, 0.05) is 18.7 Å². The van der Waals surface area contributed by atoms with Crippen molar-refractivity contribution in [2.45, 2.75) is 30.6 Å². The van der Waals surface area contributed by atoms with Crippen LogP contribution >= 0.6 is 0 Å². The first-order chi connectivity index (χ1) is 9.40. The Labute approximate surface area is 117 Å². The van der Waals surface area contributed by atoms with E-state index >= 15 is 0 Å². The fourth-order valence-corrected chi connectivity index (χ4v) is 3.31. The van der Waals surface area contributed by atoms with Crippen molar-refractivity contribution in [1.82, 2.24) is 4.72 Å². The first kappa shape index (κ1) is 14.7. The molecule has 0 aromatic heterocycles. The molecule has 1 aromatic carbocycles. The molecule has 20 heavy (non-hydrogen) atoms. The smallest absolute Gasteiger partial charge is 0.271 e. The third kappa shape index (κ3) is 3.26. The van der Waals surface area contributed by atoms with Gasteiger partial charge in [-0.05, 0) is 18.4 Å². The Kier molecular flexibility index (Phi) is 4.24. The van der Waals surface area contributed by atoms with E-state index in [9.17, 15) is 18.5 Å². The summed E-state index contributed by atoms with van der Waals surface area (Å²) in [5.41, 5.74) is 5.25. The minimum Gasteiger partial charge on any atom is -0.397 e. The third-order valence-electron chi connectivity index (χ3n) is 3.56. The standard InChI is InChI=1S/C12H17N3O4S/c13-11-8-10(15(16)17)4-5-12(11)20(18,19)14-7-6-9-2-1-3-9/h4-5,8-9,14H,1-3,6-7,13H2. The SMILES string of the molecule is Nc1cc([N+](=O)[O-])ccc1S(=O)(=O)NCCC1CCC1. The van der Waals surface area contributed by atoms with Gasteiger partial charge in [-0.15, -0.1) is 0 Å². The van der Waals surface area contributed by atoms with Crippen LogP contribution in [0.4, 0.5) is 11.4 Å². The number of nitrogens with zero attached hydrogens (tertiary/aromatic N) is 1. The number of benzene rings is 1. The Bertz CT molecular complexity index is 611. The van der Waals surface area contributed by atoms with Gasteiger partial charge in [0.15, 0.2) is 0 Å². The second-order valence-corrected chi connectivity index (χ2v) is 6.70. The number of nitrogen functional groups attached to an aromatic ring is 1. The molecule has 0 unspecified atom stereocenters. The molecule has 0 heterocycles. The number of nitro groups is 1. The number of hydrogen-bond donors (Lipinski definition) is 2. The summed E-state index contributed by atoms with van der Waals surface area (Å²) in [7, 11) is -3.71. The molecule has 1 saturated carbocycles. The van der Waals surface area contributed by atoms with Gasteiger partial charge >= 0.3 is 0 Å². The highest BCUT2D eigenvalue weighted by Crippen LogP contribution is 2.29. The number of non-ortho nitro benzene ring substituents is 1. The molecule has 7 nitrogen and oxygen atoms in total. The number of nitrogens with two attached hydrogens (primary N) is 1. The number of hydrogen-bond acceptors (Lipinski definition) is 5. The predicted molar refractivity (Wildman–Crippen MR) is 74.7 cm³/mol. The van der Waals surface area contributed by atoms with Crippen LogP contribution in [0.5, 0.6) is 0 Å². The first-order valence-electron chi connectivity index (χ1n) is 6.44. The number of nitro benzene ring substituents is 1. The van der Waals surface area contributed by atoms with Crippen molar-refractivity contribution >= 4 is 21.4 Å². The number of rotatable bonds is 6. The maximum absolute atomic E-state index is 12.1. The van der Waals surface area contributed by atoms with Gasteiger partial charge in [-0.1, -0.05) is 19.3 Å². The van der Waals surface area contributed by atoms with E-state index < -0.39 is 14.9 Å². The summed E-state index contributed by atoms with van der Waals surface area (Å²) in [6.45, 7) is 0.365. The molecule has 110 valence electrons. The molecule has 1 fully saturated rings. The second-order valence-electron chi connectivity index (χ2n) is 4.96. The summed E-state index contributed by atoms with van der Waals surface area (Å²) in [6.07, 6.45) is 4.33. The zero-order valence-corrected chi connectivity index (χ0v) is 11.7. The van der Waals surface area contributed by atoms with E-state index in [1.807, 2.05) is 0 Å². The van der Waals surface area contributed by atoms with Gasteiger partial charge in [-0.25, -0.2) is 13.1 Å². The average Bonchev–Trinajstić information content (AvgIpc) is 2.31. The largest absolute Gasteiger partial charge is 0.397 e. The van der Waals surface area contributed by atoms with E-state index in [0.29, 0.717) is 12.5 Å². The van der Waals surface area contributed by atoms with Crippen molar-refractivity contribution in [3.8, 4) is 0 Å². The highest BCUT2D eigenvalue weighted by Gasteiger charge is 2.21. The summed E-state index contributed by atoms with van der Waals surface area (Å²) in [5.74, 6) is 0.604.